The molecule has 20 heavy (non-hydrogen) atoms. The van der Waals surface area contributed by atoms with Gasteiger partial charge in [-0.2, -0.15) is 0 Å². The molecule has 0 saturated heterocycles. The Morgan fingerprint density at radius 1 is 1.45 bits per heavy atom. The summed E-state index contributed by atoms with van der Waals surface area (Å²) in [5.74, 6) is -1.46. The standard InChI is InChI=1S/C12H14F3NO4/c1-2-19-11(18)6-9(16)8-5-7(3-4-10(8)17)20-12(13,14)15/h3-5,9,17H,2,6,16H2,1H3/t9-/m1/s1. The van der Waals surface area contributed by atoms with E-state index in [9.17, 15) is 23.1 Å². The number of aromatic hydroxyl groups is 1. The van der Waals surface area contributed by atoms with Crippen molar-refractivity contribution in [2.75, 3.05) is 6.61 Å². The highest BCUT2D eigenvalue weighted by Crippen LogP contribution is 2.31. The Labute approximate surface area is 113 Å². The predicted molar refractivity (Wildman–Crippen MR) is 63.0 cm³/mol. The Bertz CT molecular complexity index is 476. The van der Waals surface area contributed by atoms with Crippen LogP contribution in [0.1, 0.15) is 24.9 Å². The third-order valence-electron chi connectivity index (χ3n) is 2.32. The molecule has 0 spiro atoms. The van der Waals surface area contributed by atoms with E-state index in [1.165, 1.54) is 0 Å². The second kappa shape index (κ2) is 6.47. The molecule has 0 aliphatic heterocycles. The number of benzene rings is 1. The van der Waals surface area contributed by atoms with Crippen LogP contribution in [0.3, 0.4) is 0 Å². The lowest BCUT2D eigenvalue weighted by atomic mass is 10.0. The van der Waals surface area contributed by atoms with E-state index >= 15 is 0 Å². The monoisotopic (exact) mass is 293 g/mol. The Morgan fingerprint density at radius 3 is 2.65 bits per heavy atom. The van der Waals surface area contributed by atoms with Crippen molar-refractivity contribution in [1.29, 1.82) is 0 Å². The van der Waals surface area contributed by atoms with E-state index in [0.29, 0.717) is 0 Å². The summed E-state index contributed by atoms with van der Waals surface area (Å²) in [7, 11) is 0. The van der Waals surface area contributed by atoms with Crippen molar-refractivity contribution in [1.82, 2.24) is 0 Å². The van der Waals surface area contributed by atoms with Gasteiger partial charge in [0.25, 0.3) is 0 Å². The van der Waals surface area contributed by atoms with Crippen molar-refractivity contribution in [3.05, 3.63) is 23.8 Å². The van der Waals surface area contributed by atoms with E-state index in [0.717, 1.165) is 18.2 Å². The molecule has 1 aromatic carbocycles. The summed E-state index contributed by atoms with van der Waals surface area (Å²) in [6.07, 6.45) is -5.11. The third-order valence-corrected chi connectivity index (χ3v) is 2.32. The van der Waals surface area contributed by atoms with Crippen LogP contribution in [0.25, 0.3) is 0 Å². The van der Waals surface area contributed by atoms with Gasteiger partial charge in [-0.3, -0.25) is 4.79 Å². The number of nitrogens with two attached hydrogens (primary N) is 1. The van der Waals surface area contributed by atoms with Crippen molar-refractivity contribution in [3.63, 3.8) is 0 Å². The van der Waals surface area contributed by atoms with Gasteiger partial charge in [0.15, 0.2) is 0 Å². The van der Waals surface area contributed by atoms with E-state index in [1.54, 1.807) is 6.92 Å². The van der Waals surface area contributed by atoms with Gasteiger partial charge in [0.2, 0.25) is 0 Å². The molecule has 3 N–H and O–H groups in total. The van der Waals surface area contributed by atoms with E-state index in [2.05, 4.69) is 9.47 Å². The molecule has 0 aliphatic carbocycles. The molecule has 5 nitrogen and oxygen atoms in total. The largest absolute Gasteiger partial charge is 0.573 e. The second-order valence-electron chi connectivity index (χ2n) is 3.88. The first-order valence-corrected chi connectivity index (χ1v) is 5.72. The summed E-state index contributed by atoms with van der Waals surface area (Å²) in [6, 6.07) is 1.91. The fraction of sp³-hybridized carbons (Fsp3) is 0.417. The average Bonchev–Trinajstić information content (AvgIpc) is 2.30. The lowest BCUT2D eigenvalue weighted by Gasteiger charge is -2.15. The summed E-state index contributed by atoms with van der Waals surface area (Å²) in [6.45, 7) is 1.77. The Balaban J connectivity index is 2.87. The molecule has 0 saturated carbocycles. The van der Waals surface area contributed by atoms with E-state index < -0.39 is 24.1 Å². The van der Waals surface area contributed by atoms with Crippen LogP contribution in [0.5, 0.6) is 11.5 Å². The summed E-state index contributed by atoms with van der Waals surface area (Å²) < 4.78 is 44.7. The molecule has 0 bridgehead atoms. The molecule has 0 amide bonds. The zero-order valence-corrected chi connectivity index (χ0v) is 10.6. The minimum absolute atomic E-state index is 0.0280. The number of halogens is 3. The van der Waals surface area contributed by atoms with Gasteiger partial charge in [0.1, 0.15) is 11.5 Å². The second-order valence-corrected chi connectivity index (χ2v) is 3.88. The first kappa shape index (κ1) is 16.1. The van der Waals surface area contributed by atoms with E-state index in [-0.39, 0.29) is 24.3 Å². The molecule has 8 heteroatoms. The number of rotatable bonds is 5. The highest BCUT2D eigenvalue weighted by molar-refractivity contribution is 5.70. The van der Waals surface area contributed by atoms with Crippen molar-refractivity contribution >= 4 is 5.97 Å². The van der Waals surface area contributed by atoms with Crippen LogP contribution in [0.2, 0.25) is 0 Å². The minimum Gasteiger partial charge on any atom is -0.508 e. The quantitative estimate of drug-likeness (QED) is 0.814. The molecule has 0 radical (unpaired) electrons. The molecular formula is C12H14F3NO4. The van der Waals surface area contributed by atoms with Gasteiger partial charge in [-0.15, -0.1) is 13.2 Å². The van der Waals surface area contributed by atoms with E-state index in [4.69, 9.17) is 5.73 Å². The first-order chi connectivity index (χ1) is 9.23. The van der Waals surface area contributed by atoms with Crippen LogP contribution < -0.4 is 10.5 Å². The summed E-state index contributed by atoms with van der Waals surface area (Å²) in [4.78, 5) is 11.3. The minimum atomic E-state index is -4.85. The maximum atomic E-state index is 12.1. The maximum Gasteiger partial charge on any atom is 0.573 e. The van der Waals surface area contributed by atoms with Gasteiger partial charge in [0, 0.05) is 11.6 Å². The van der Waals surface area contributed by atoms with Gasteiger partial charge in [-0.1, -0.05) is 0 Å². The number of hydrogen-bond donors (Lipinski definition) is 2. The topological polar surface area (TPSA) is 81.8 Å². The zero-order valence-electron chi connectivity index (χ0n) is 10.6. The smallest absolute Gasteiger partial charge is 0.508 e. The summed E-state index contributed by atoms with van der Waals surface area (Å²) >= 11 is 0. The summed E-state index contributed by atoms with van der Waals surface area (Å²) in [5.41, 5.74) is 5.63. The van der Waals surface area contributed by atoms with Crippen molar-refractivity contribution < 1.29 is 32.5 Å². The molecule has 1 rings (SSSR count). The number of phenols is 1. The summed E-state index contributed by atoms with van der Waals surface area (Å²) in [5, 5.41) is 9.58. The number of esters is 1. The van der Waals surface area contributed by atoms with Gasteiger partial charge in [0.05, 0.1) is 13.0 Å². The van der Waals surface area contributed by atoms with Crippen LogP contribution in [-0.4, -0.2) is 24.0 Å². The molecule has 0 fully saturated rings. The normalized spacial score (nSPS) is 12.8. The fourth-order valence-electron chi connectivity index (χ4n) is 1.54. The van der Waals surface area contributed by atoms with Gasteiger partial charge in [-0.25, -0.2) is 0 Å². The average molecular weight is 293 g/mol. The van der Waals surface area contributed by atoms with Gasteiger partial charge < -0.3 is 20.3 Å². The Hall–Kier alpha value is -1.96. The molecule has 1 atom stereocenters. The number of alkyl halides is 3. The molecule has 112 valence electrons. The highest BCUT2D eigenvalue weighted by atomic mass is 19.4. The Morgan fingerprint density at radius 2 is 2.10 bits per heavy atom. The van der Waals surface area contributed by atoms with Crippen LogP contribution >= 0.6 is 0 Å². The predicted octanol–water partition coefficient (Wildman–Crippen LogP) is 2.24. The SMILES string of the molecule is CCOC(=O)C[C@@H](N)c1cc(OC(F)(F)F)ccc1O. The number of ether oxygens (including phenoxy) is 2. The number of carbonyl (C=O) groups is 1. The van der Waals surface area contributed by atoms with Crippen molar-refractivity contribution in [2.45, 2.75) is 25.7 Å². The molecule has 0 aliphatic rings. The van der Waals surface area contributed by atoms with Gasteiger partial charge in [-0.05, 0) is 25.1 Å². The fourth-order valence-corrected chi connectivity index (χ4v) is 1.54. The third kappa shape index (κ3) is 4.96. The molecule has 1 aromatic rings. The number of carbonyl (C=O) groups excluding carboxylic acids is 1. The zero-order chi connectivity index (χ0) is 15.3. The highest BCUT2D eigenvalue weighted by Gasteiger charge is 2.31. The molecule has 0 unspecified atom stereocenters. The number of phenolic OH excluding ortho intramolecular Hbond substituents is 1. The lowest BCUT2D eigenvalue weighted by molar-refractivity contribution is -0.274. The van der Waals surface area contributed by atoms with Crippen molar-refractivity contribution in [2.24, 2.45) is 5.73 Å². The number of hydrogen-bond acceptors (Lipinski definition) is 5. The lowest BCUT2D eigenvalue weighted by Crippen LogP contribution is -2.19. The van der Waals surface area contributed by atoms with Crippen LogP contribution in [0.4, 0.5) is 13.2 Å². The molecule has 0 heterocycles. The van der Waals surface area contributed by atoms with Crippen molar-refractivity contribution in [3.8, 4) is 11.5 Å². The van der Waals surface area contributed by atoms with Crippen LogP contribution in [-0.2, 0) is 9.53 Å². The van der Waals surface area contributed by atoms with Gasteiger partial charge >= 0.3 is 12.3 Å². The van der Waals surface area contributed by atoms with Crippen LogP contribution in [0, 0.1) is 0 Å². The molecular weight excluding hydrogens is 279 g/mol. The molecule has 0 aromatic heterocycles. The maximum absolute atomic E-state index is 12.1. The first-order valence-electron chi connectivity index (χ1n) is 5.72. The van der Waals surface area contributed by atoms with Crippen LogP contribution in [0.15, 0.2) is 18.2 Å². The Kier molecular flexibility index (Phi) is 5.20. The van der Waals surface area contributed by atoms with E-state index in [1.807, 2.05) is 0 Å².